The van der Waals surface area contributed by atoms with Crippen molar-refractivity contribution in [3.05, 3.63) is 35.9 Å². The third kappa shape index (κ3) is 3.53. The highest BCUT2D eigenvalue weighted by molar-refractivity contribution is 5.85. The summed E-state index contributed by atoms with van der Waals surface area (Å²) in [4.78, 5) is 13.9. The lowest BCUT2D eigenvalue weighted by molar-refractivity contribution is -0.131. The van der Waals surface area contributed by atoms with E-state index in [1.54, 1.807) is 0 Å². The van der Waals surface area contributed by atoms with Crippen LogP contribution >= 0.6 is 12.4 Å². The van der Waals surface area contributed by atoms with Crippen molar-refractivity contribution in [1.82, 2.24) is 4.90 Å². The average Bonchev–Trinajstić information content (AvgIpc) is 2.31. The van der Waals surface area contributed by atoms with Crippen LogP contribution in [-0.4, -0.2) is 23.9 Å². The van der Waals surface area contributed by atoms with Gasteiger partial charge in [0.1, 0.15) is 0 Å². The van der Waals surface area contributed by atoms with E-state index in [2.05, 4.69) is 0 Å². The maximum absolute atomic E-state index is 11.9. The fraction of sp³-hybridized carbons (Fsp3) is 0.462. The molecule has 16 heavy (non-hydrogen) atoms. The Kier molecular flexibility index (Phi) is 5.33. The summed E-state index contributed by atoms with van der Waals surface area (Å²) in [7, 11) is 0. The van der Waals surface area contributed by atoms with Crippen molar-refractivity contribution >= 4 is 18.3 Å². The summed E-state index contributed by atoms with van der Waals surface area (Å²) in [6.45, 7) is 1.90. The number of halogens is 1. The van der Waals surface area contributed by atoms with E-state index in [9.17, 15) is 4.79 Å². The number of hydrogen-bond donors (Lipinski definition) is 0. The maximum atomic E-state index is 11.9. The van der Waals surface area contributed by atoms with Crippen LogP contribution in [0.25, 0.3) is 0 Å². The number of piperidine rings is 1. The van der Waals surface area contributed by atoms with E-state index in [-0.39, 0.29) is 18.3 Å². The molecule has 88 valence electrons. The zero-order valence-corrected chi connectivity index (χ0v) is 10.2. The fourth-order valence-corrected chi connectivity index (χ4v) is 2.03. The second-order valence-electron chi connectivity index (χ2n) is 4.10. The lowest BCUT2D eigenvalue weighted by Gasteiger charge is -2.26. The molecule has 1 heterocycles. The molecule has 1 aliphatic rings. The Labute approximate surface area is 103 Å². The van der Waals surface area contributed by atoms with Gasteiger partial charge < -0.3 is 4.90 Å². The van der Waals surface area contributed by atoms with Crippen LogP contribution in [0.15, 0.2) is 30.3 Å². The quantitative estimate of drug-likeness (QED) is 0.777. The first kappa shape index (κ1) is 13.0. The lowest BCUT2D eigenvalue weighted by atomic mass is 10.1. The Balaban J connectivity index is 0.00000128. The van der Waals surface area contributed by atoms with Crippen molar-refractivity contribution in [2.24, 2.45) is 0 Å². The van der Waals surface area contributed by atoms with E-state index < -0.39 is 0 Å². The van der Waals surface area contributed by atoms with Gasteiger partial charge in [-0.15, -0.1) is 12.4 Å². The molecule has 1 fully saturated rings. The molecule has 1 saturated heterocycles. The normalized spacial score (nSPS) is 15.4. The van der Waals surface area contributed by atoms with Gasteiger partial charge in [0.2, 0.25) is 5.91 Å². The number of rotatable bonds is 2. The Morgan fingerprint density at radius 2 is 1.69 bits per heavy atom. The van der Waals surface area contributed by atoms with Gasteiger partial charge in [0.15, 0.2) is 0 Å². The highest BCUT2D eigenvalue weighted by Crippen LogP contribution is 2.11. The first-order chi connectivity index (χ1) is 7.36. The number of hydrogen-bond acceptors (Lipinski definition) is 1. The van der Waals surface area contributed by atoms with E-state index >= 15 is 0 Å². The summed E-state index contributed by atoms with van der Waals surface area (Å²) in [5.74, 6) is 0.279. The maximum Gasteiger partial charge on any atom is 0.226 e. The Morgan fingerprint density at radius 3 is 2.31 bits per heavy atom. The zero-order valence-electron chi connectivity index (χ0n) is 9.39. The molecule has 0 N–H and O–H groups in total. The van der Waals surface area contributed by atoms with Crippen LogP contribution in [0.4, 0.5) is 0 Å². The van der Waals surface area contributed by atoms with Gasteiger partial charge in [-0.25, -0.2) is 0 Å². The summed E-state index contributed by atoms with van der Waals surface area (Å²) in [5, 5.41) is 0. The number of amides is 1. The Morgan fingerprint density at radius 1 is 1.06 bits per heavy atom. The average molecular weight is 240 g/mol. The van der Waals surface area contributed by atoms with Crippen molar-refractivity contribution in [2.75, 3.05) is 13.1 Å². The molecule has 0 aliphatic carbocycles. The summed E-state index contributed by atoms with van der Waals surface area (Å²) >= 11 is 0. The lowest BCUT2D eigenvalue weighted by Crippen LogP contribution is -2.36. The molecular formula is C13H18ClNO. The van der Waals surface area contributed by atoms with Crippen LogP contribution in [0.2, 0.25) is 0 Å². The highest BCUT2D eigenvalue weighted by Gasteiger charge is 2.16. The van der Waals surface area contributed by atoms with E-state index in [0.717, 1.165) is 18.7 Å². The van der Waals surface area contributed by atoms with E-state index in [0.29, 0.717) is 6.42 Å². The van der Waals surface area contributed by atoms with Crippen molar-refractivity contribution in [3.8, 4) is 0 Å². The highest BCUT2D eigenvalue weighted by atomic mass is 35.5. The molecule has 0 radical (unpaired) electrons. The first-order valence-electron chi connectivity index (χ1n) is 5.68. The number of nitrogens with zero attached hydrogens (tertiary/aromatic N) is 1. The minimum absolute atomic E-state index is 0. The zero-order chi connectivity index (χ0) is 10.5. The predicted octanol–water partition coefficient (Wildman–Crippen LogP) is 2.66. The van der Waals surface area contributed by atoms with Gasteiger partial charge in [-0.3, -0.25) is 4.79 Å². The summed E-state index contributed by atoms with van der Waals surface area (Å²) in [5.41, 5.74) is 1.12. The third-order valence-corrected chi connectivity index (χ3v) is 2.91. The van der Waals surface area contributed by atoms with Crippen molar-refractivity contribution in [3.63, 3.8) is 0 Å². The SMILES string of the molecule is Cl.O=C(Cc1ccccc1)N1CCCCC1. The van der Waals surface area contributed by atoms with Gasteiger partial charge in [0.05, 0.1) is 6.42 Å². The molecule has 1 aliphatic heterocycles. The number of benzene rings is 1. The van der Waals surface area contributed by atoms with Gasteiger partial charge in [0, 0.05) is 13.1 Å². The van der Waals surface area contributed by atoms with Gasteiger partial charge in [-0.1, -0.05) is 30.3 Å². The van der Waals surface area contributed by atoms with Crippen molar-refractivity contribution in [2.45, 2.75) is 25.7 Å². The molecule has 0 atom stereocenters. The molecule has 2 rings (SSSR count). The molecule has 0 spiro atoms. The van der Waals surface area contributed by atoms with Gasteiger partial charge in [-0.05, 0) is 24.8 Å². The molecule has 1 amide bonds. The first-order valence-corrected chi connectivity index (χ1v) is 5.68. The van der Waals surface area contributed by atoms with Gasteiger partial charge in [-0.2, -0.15) is 0 Å². The molecule has 2 nitrogen and oxygen atoms in total. The van der Waals surface area contributed by atoms with Crippen LogP contribution in [0.1, 0.15) is 24.8 Å². The molecule has 3 heteroatoms. The van der Waals surface area contributed by atoms with Crippen LogP contribution in [-0.2, 0) is 11.2 Å². The number of carbonyl (C=O) groups excluding carboxylic acids is 1. The van der Waals surface area contributed by atoms with E-state index in [1.807, 2.05) is 35.2 Å². The number of carbonyl (C=O) groups is 1. The molecule has 0 unspecified atom stereocenters. The smallest absolute Gasteiger partial charge is 0.226 e. The number of likely N-dealkylation sites (tertiary alicyclic amines) is 1. The molecule has 0 saturated carbocycles. The molecule has 1 aromatic rings. The van der Waals surface area contributed by atoms with Crippen molar-refractivity contribution < 1.29 is 4.79 Å². The summed E-state index contributed by atoms with van der Waals surface area (Å²) in [6, 6.07) is 9.98. The third-order valence-electron chi connectivity index (χ3n) is 2.91. The summed E-state index contributed by atoms with van der Waals surface area (Å²) in [6.07, 6.45) is 4.16. The monoisotopic (exact) mass is 239 g/mol. The molecule has 0 aromatic heterocycles. The van der Waals surface area contributed by atoms with Gasteiger partial charge >= 0.3 is 0 Å². The van der Waals surface area contributed by atoms with Crippen LogP contribution in [0, 0.1) is 0 Å². The second-order valence-corrected chi connectivity index (χ2v) is 4.10. The Bertz CT molecular complexity index is 320. The van der Waals surface area contributed by atoms with E-state index in [1.165, 1.54) is 19.3 Å². The molecule has 1 aromatic carbocycles. The largest absolute Gasteiger partial charge is 0.342 e. The van der Waals surface area contributed by atoms with Crippen LogP contribution in [0.5, 0.6) is 0 Å². The molecule has 0 bridgehead atoms. The van der Waals surface area contributed by atoms with E-state index in [4.69, 9.17) is 0 Å². The molecular weight excluding hydrogens is 222 g/mol. The van der Waals surface area contributed by atoms with Gasteiger partial charge in [0.25, 0.3) is 0 Å². The fourth-order valence-electron chi connectivity index (χ4n) is 2.03. The standard InChI is InChI=1S/C13H17NO.ClH/c15-13(14-9-5-2-6-10-14)11-12-7-3-1-4-8-12;/h1,3-4,7-8H,2,5-6,9-11H2;1H. The van der Waals surface area contributed by atoms with Crippen LogP contribution < -0.4 is 0 Å². The summed E-state index contributed by atoms with van der Waals surface area (Å²) < 4.78 is 0. The minimum Gasteiger partial charge on any atom is -0.342 e. The van der Waals surface area contributed by atoms with Crippen molar-refractivity contribution in [1.29, 1.82) is 0 Å². The Hall–Kier alpha value is -1.02. The second kappa shape index (κ2) is 6.54. The predicted molar refractivity (Wildman–Crippen MR) is 67.8 cm³/mol. The minimum atomic E-state index is 0. The van der Waals surface area contributed by atoms with Crippen LogP contribution in [0.3, 0.4) is 0 Å². The topological polar surface area (TPSA) is 20.3 Å².